The van der Waals surface area contributed by atoms with Gasteiger partial charge in [0, 0.05) is 12.5 Å². The van der Waals surface area contributed by atoms with Crippen LogP contribution in [0.2, 0.25) is 0 Å². The van der Waals surface area contributed by atoms with Gasteiger partial charge in [0.1, 0.15) is 0 Å². The third-order valence-electron chi connectivity index (χ3n) is 4.46. The van der Waals surface area contributed by atoms with E-state index in [2.05, 4.69) is 11.9 Å². The van der Waals surface area contributed by atoms with Gasteiger partial charge in [0.05, 0.1) is 0 Å². The lowest BCUT2D eigenvalue weighted by Gasteiger charge is -2.04. The van der Waals surface area contributed by atoms with Crippen molar-refractivity contribution in [2.24, 2.45) is 0 Å². The van der Waals surface area contributed by atoms with Gasteiger partial charge in [-0.25, -0.2) is 0 Å². The second kappa shape index (κ2) is 13.6. The summed E-state index contributed by atoms with van der Waals surface area (Å²) in [6.07, 6.45) is 16.7. The summed E-state index contributed by atoms with van der Waals surface area (Å²) < 4.78 is 4.99. The number of rotatable bonds is 15. The lowest BCUT2D eigenvalue weighted by Crippen LogP contribution is -2.07. The monoisotopic (exact) mass is 353 g/mol. The van der Waals surface area contributed by atoms with Crippen LogP contribution in [0.15, 0.2) is 6.07 Å². The minimum atomic E-state index is -0.377. The molecular weight excluding hydrogens is 318 g/mol. The molecule has 1 aromatic heterocycles. The van der Waals surface area contributed by atoms with Crippen LogP contribution in [0, 0.1) is 0 Å². The van der Waals surface area contributed by atoms with Crippen molar-refractivity contribution in [2.45, 2.75) is 96.8 Å². The molecule has 0 unspecified atom stereocenters. The Balaban J connectivity index is 1.87. The number of carbonyl (C=O) groups excluding carboxylic acids is 1. The zero-order valence-corrected chi connectivity index (χ0v) is 15.7. The number of hydrogen-bond donors (Lipinski definition) is 3. The van der Waals surface area contributed by atoms with E-state index in [9.17, 15) is 9.90 Å². The number of aromatic hydroxyl groups is 2. The number of esters is 1. The van der Waals surface area contributed by atoms with Crippen LogP contribution < -0.4 is 4.74 Å². The highest BCUT2D eigenvalue weighted by molar-refractivity contribution is 5.73. The Hall–Kier alpha value is -1.65. The molecule has 5 heteroatoms. The molecule has 0 aliphatic carbocycles. The van der Waals surface area contributed by atoms with Crippen molar-refractivity contribution in [3.63, 3.8) is 0 Å². The van der Waals surface area contributed by atoms with Crippen LogP contribution in [0.5, 0.6) is 17.5 Å². The molecule has 0 aliphatic rings. The number of aromatic amines is 1. The van der Waals surface area contributed by atoms with Crippen LogP contribution in [0.4, 0.5) is 0 Å². The Bertz CT molecular complexity index is 470. The quantitative estimate of drug-likeness (QED) is 0.274. The lowest BCUT2D eigenvalue weighted by molar-refractivity contribution is -0.134. The molecule has 144 valence electrons. The van der Waals surface area contributed by atoms with Gasteiger partial charge in [0.25, 0.3) is 0 Å². The first-order chi connectivity index (χ1) is 12.1. The molecule has 5 nitrogen and oxygen atoms in total. The van der Waals surface area contributed by atoms with Crippen molar-refractivity contribution in [3.05, 3.63) is 6.07 Å². The Morgan fingerprint density at radius 3 is 1.80 bits per heavy atom. The van der Waals surface area contributed by atoms with Gasteiger partial charge >= 0.3 is 5.97 Å². The molecule has 0 atom stereocenters. The van der Waals surface area contributed by atoms with Crippen LogP contribution in [0.25, 0.3) is 0 Å². The summed E-state index contributed by atoms with van der Waals surface area (Å²) in [5.41, 5.74) is 0. The third kappa shape index (κ3) is 10.7. The molecule has 0 saturated heterocycles. The van der Waals surface area contributed by atoms with Gasteiger partial charge in [-0.05, 0) is 6.42 Å². The van der Waals surface area contributed by atoms with Crippen LogP contribution in [0.3, 0.4) is 0 Å². The minimum absolute atomic E-state index is 0.0165. The van der Waals surface area contributed by atoms with Crippen molar-refractivity contribution in [3.8, 4) is 17.5 Å². The first-order valence-corrected chi connectivity index (χ1v) is 9.95. The molecule has 0 radical (unpaired) electrons. The molecule has 0 bridgehead atoms. The maximum Gasteiger partial charge on any atom is 0.311 e. The third-order valence-corrected chi connectivity index (χ3v) is 4.46. The number of nitrogens with one attached hydrogen (secondary N) is 1. The summed E-state index contributed by atoms with van der Waals surface area (Å²) in [5, 5.41) is 18.5. The Morgan fingerprint density at radius 1 is 0.880 bits per heavy atom. The van der Waals surface area contributed by atoms with E-state index in [1.807, 2.05) is 0 Å². The molecule has 0 aromatic carbocycles. The largest absolute Gasteiger partial charge is 0.494 e. The summed E-state index contributed by atoms with van der Waals surface area (Å²) >= 11 is 0. The average Bonchev–Trinajstić information content (AvgIpc) is 2.89. The average molecular weight is 354 g/mol. The zero-order chi connectivity index (χ0) is 18.3. The zero-order valence-electron chi connectivity index (χ0n) is 15.7. The van der Waals surface area contributed by atoms with Crippen LogP contribution in [0.1, 0.15) is 96.8 Å². The standard InChI is InChI=1S/C20H35NO4/c1-2-3-4-5-6-7-8-9-10-11-12-13-14-15-19(23)25-17-16-18(22)21-20(17)24/h16,21-22,24H,2-15H2,1H3. The molecule has 3 N–H and O–H groups in total. The van der Waals surface area contributed by atoms with Gasteiger partial charge in [-0.2, -0.15) is 0 Å². The van der Waals surface area contributed by atoms with Gasteiger partial charge in [0.2, 0.25) is 5.88 Å². The fraction of sp³-hybridized carbons (Fsp3) is 0.750. The van der Waals surface area contributed by atoms with Crippen molar-refractivity contribution >= 4 is 5.97 Å². The Kier molecular flexibility index (Phi) is 11.7. The van der Waals surface area contributed by atoms with E-state index in [0.717, 1.165) is 19.3 Å². The molecule has 1 heterocycles. The minimum Gasteiger partial charge on any atom is -0.494 e. The summed E-state index contributed by atoms with van der Waals surface area (Å²) in [7, 11) is 0. The summed E-state index contributed by atoms with van der Waals surface area (Å²) in [6, 6.07) is 1.19. The van der Waals surface area contributed by atoms with Gasteiger partial charge in [-0.15, -0.1) is 0 Å². The van der Waals surface area contributed by atoms with E-state index in [4.69, 9.17) is 9.84 Å². The van der Waals surface area contributed by atoms with Gasteiger partial charge in [-0.3, -0.25) is 9.78 Å². The number of carbonyl (C=O) groups is 1. The fourth-order valence-electron chi connectivity index (χ4n) is 2.95. The van der Waals surface area contributed by atoms with Crippen molar-refractivity contribution in [2.75, 3.05) is 0 Å². The molecule has 0 amide bonds. The molecular formula is C20H35NO4. The molecule has 0 spiro atoms. The normalized spacial score (nSPS) is 10.9. The van der Waals surface area contributed by atoms with E-state index in [-0.39, 0.29) is 23.5 Å². The van der Waals surface area contributed by atoms with E-state index in [1.165, 1.54) is 70.3 Å². The van der Waals surface area contributed by atoms with Gasteiger partial charge in [-0.1, -0.05) is 84.0 Å². The smallest absolute Gasteiger partial charge is 0.311 e. The lowest BCUT2D eigenvalue weighted by atomic mass is 10.0. The van der Waals surface area contributed by atoms with Crippen molar-refractivity contribution in [1.29, 1.82) is 0 Å². The number of ether oxygens (including phenoxy) is 1. The first kappa shape index (κ1) is 21.4. The molecule has 0 fully saturated rings. The van der Waals surface area contributed by atoms with E-state index in [1.54, 1.807) is 0 Å². The molecule has 0 saturated carbocycles. The molecule has 1 rings (SSSR count). The van der Waals surface area contributed by atoms with Crippen LogP contribution in [-0.4, -0.2) is 21.2 Å². The highest BCUT2D eigenvalue weighted by Crippen LogP contribution is 2.29. The van der Waals surface area contributed by atoms with Crippen LogP contribution >= 0.6 is 0 Å². The highest BCUT2D eigenvalue weighted by atomic mass is 16.5. The second-order valence-corrected chi connectivity index (χ2v) is 6.83. The van der Waals surface area contributed by atoms with Crippen molar-refractivity contribution in [1.82, 2.24) is 4.98 Å². The molecule has 1 aromatic rings. The SMILES string of the molecule is CCCCCCCCCCCCCCCC(=O)Oc1cc(O)[nH]c1O. The van der Waals surface area contributed by atoms with E-state index < -0.39 is 0 Å². The fourth-order valence-corrected chi connectivity index (χ4v) is 2.95. The summed E-state index contributed by atoms with van der Waals surface area (Å²) in [6.45, 7) is 2.25. The Labute approximate surface area is 151 Å². The maximum atomic E-state index is 11.6. The van der Waals surface area contributed by atoms with E-state index in [0.29, 0.717) is 6.42 Å². The van der Waals surface area contributed by atoms with Crippen LogP contribution in [-0.2, 0) is 4.79 Å². The van der Waals surface area contributed by atoms with Gasteiger partial charge < -0.3 is 14.9 Å². The topological polar surface area (TPSA) is 82.5 Å². The summed E-state index contributed by atoms with van der Waals surface area (Å²) in [5.74, 6) is -0.938. The molecule has 0 aliphatic heterocycles. The molecule has 25 heavy (non-hydrogen) atoms. The number of unbranched alkanes of at least 4 members (excludes halogenated alkanes) is 12. The maximum absolute atomic E-state index is 11.6. The predicted octanol–water partition coefficient (Wildman–Crippen LogP) is 5.81. The van der Waals surface area contributed by atoms with E-state index >= 15 is 0 Å². The second-order valence-electron chi connectivity index (χ2n) is 6.83. The van der Waals surface area contributed by atoms with Gasteiger partial charge in [0.15, 0.2) is 11.6 Å². The van der Waals surface area contributed by atoms with Crippen molar-refractivity contribution < 1.29 is 19.7 Å². The Morgan fingerprint density at radius 2 is 1.36 bits per heavy atom. The number of aromatic nitrogens is 1. The number of H-pyrrole nitrogens is 1. The first-order valence-electron chi connectivity index (χ1n) is 9.95. The highest BCUT2D eigenvalue weighted by Gasteiger charge is 2.12. The predicted molar refractivity (Wildman–Crippen MR) is 100 cm³/mol. The summed E-state index contributed by atoms with van der Waals surface area (Å²) in [4.78, 5) is 13.9. The number of hydrogen-bond acceptors (Lipinski definition) is 4.